The summed E-state index contributed by atoms with van der Waals surface area (Å²) in [5.74, 6) is 0.552. The number of nitrogens with zero attached hydrogens (tertiary/aromatic N) is 2. The van der Waals surface area contributed by atoms with Crippen LogP contribution < -0.4 is 10.1 Å². The summed E-state index contributed by atoms with van der Waals surface area (Å²) in [5, 5.41) is 12.8. The van der Waals surface area contributed by atoms with Gasteiger partial charge in [0.25, 0.3) is 0 Å². The number of carbonyl (C=O) groups is 1. The average molecular weight is 326 g/mol. The summed E-state index contributed by atoms with van der Waals surface area (Å²) in [7, 11) is 0. The van der Waals surface area contributed by atoms with Gasteiger partial charge in [-0.15, -0.1) is 10.2 Å². The summed E-state index contributed by atoms with van der Waals surface area (Å²) in [6, 6.07) is 7.02. The number of benzene rings is 1. The smallest absolute Gasteiger partial charge is 0.229 e. The molecule has 0 bridgehead atoms. The Morgan fingerprint density at radius 2 is 2.10 bits per heavy atom. The first kappa shape index (κ1) is 15.7. The summed E-state index contributed by atoms with van der Waals surface area (Å²) < 4.78 is 5.46. The predicted octanol–water partition coefficient (Wildman–Crippen LogP) is 3.55. The average Bonchev–Trinajstić information content (AvgIpc) is 2.89. The van der Waals surface area contributed by atoms with Crippen LogP contribution in [-0.4, -0.2) is 22.7 Å². The highest BCUT2D eigenvalue weighted by atomic mass is 35.5. The lowest BCUT2D eigenvalue weighted by Crippen LogP contribution is -2.15. The molecule has 0 fully saturated rings. The molecule has 0 saturated carbocycles. The third-order valence-electron chi connectivity index (χ3n) is 2.59. The molecule has 0 aliphatic rings. The molecule has 5 nitrogen and oxygen atoms in total. The standard InChI is InChI=1S/C14H16ClN3O2S/c1-2-3-13-17-18-14(21-13)16-12(19)8-9-20-11-6-4-10(15)5-7-11/h4-7H,2-3,8-9H2,1H3,(H,16,18,19). The van der Waals surface area contributed by atoms with E-state index in [1.54, 1.807) is 24.3 Å². The van der Waals surface area contributed by atoms with Gasteiger partial charge in [0.15, 0.2) is 0 Å². The molecule has 0 unspecified atom stereocenters. The van der Waals surface area contributed by atoms with Gasteiger partial charge in [-0.3, -0.25) is 4.79 Å². The van der Waals surface area contributed by atoms with Gasteiger partial charge in [-0.1, -0.05) is 29.9 Å². The van der Waals surface area contributed by atoms with Crippen molar-refractivity contribution in [3.8, 4) is 5.75 Å². The molecule has 0 saturated heterocycles. The summed E-state index contributed by atoms with van der Waals surface area (Å²) in [4.78, 5) is 11.8. The molecule has 0 spiro atoms. The summed E-state index contributed by atoms with van der Waals surface area (Å²) in [6.45, 7) is 2.38. The van der Waals surface area contributed by atoms with E-state index in [1.165, 1.54) is 11.3 Å². The lowest BCUT2D eigenvalue weighted by Gasteiger charge is -2.05. The van der Waals surface area contributed by atoms with E-state index < -0.39 is 0 Å². The molecule has 2 rings (SSSR count). The van der Waals surface area contributed by atoms with Crippen molar-refractivity contribution in [3.63, 3.8) is 0 Å². The molecular weight excluding hydrogens is 310 g/mol. The van der Waals surface area contributed by atoms with Gasteiger partial charge in [0.2, 0.25) is 11.0 Å². The van der Waals surface area contributed by atoms with Crippen LogP contribution in [0.25, 0.3) is 0 Å². The molecule has 21 heavy (non-hydrogen) atoms. The number of anilines is 1. The Labute approximate surface area is 132 Å². The third-order valence-corrected chi connectivity index (χ3v) is 3.74. The lowest BCUT2D eigenvalue weighted by atomic mass is 10.3. The number of nitrogens with one attached hydrogen (secondary N) is 1. The highest BCUT2D eigenvalue weighted by Gasteiger charge is 2.08. The Bertz CT molecular complexity index is 586. The molecule has 112 valence electrons. The highest BCUT2D eigenvalue weighted by molar-refractivity contribution is 7.15. The van der Waals surface area contributed by atoms with Crippen LogP contribution in [0, 0.1) is 0 Å². The molecule has 2 aromatic rings. The van der Waals surface area contributed by atoms with Gasteiger partial charge in [-0.05, 0) is 30.7 Å². The van der Waals surface area contributed by atoms with E-state index in [-0.39, 0.29) is 12.3 Å². The Morgan fingerprint density at radius 3 is 2.81 bits per heavy atom. The minimum atomic E-state index is -0.136. The van der Waals surface area contributed by atoms with E-state index in [9.17, 15) is 4.79 Å². The number of hydrogen-bond donors (Lipinski definition) is 1. The van der Waals surface area contributed by atoms with Crippen molar-refractivity contribution in [2.24, 2.45) is 0 Å². The minimum Gasteiger partial charge on any atom is -0.493 e. The van der Waals surface area contributed by atoms with Crippen molar-refractivity contribution in [3.05, 3.63) is 34.3 Å². The maximum Gasteiger partial charge on any atom is 0.229 e. The number of ether oxygens (including phenoxy) is 1. The van der Waals surface area contributed by atoms with Crippen molar-refractivity contribution < 1.29 is 9.53 Å². The second-order valence-corrected chi connectivity index (χ2v) is 5.85. The monoisotopic (exact) mass is 325 g/mol. The Hall–Kier alpha value is -1.66. The van der Waals surface area contributed by atoms with Gasteiger partial charge < -0.3 is 10.1 Å². The number of aromatic nitrogens is 2. The molecule has 0 atom stereocenters. The van der Waals surface area contributed by atoms with Crippen LogP contribution in [0.1, 0.15) is 24.8 Å². The van der Waals surface area contributed by atoms with Crippen LogP contribution >= 0.6 is 22.9 Å². The Balaban J connectivity index is 1.72. The van der Waals surface area contributed by atoms with Crippen LogP contribution in [0.4, 0.5) is 5.13 Å². The highest BCUT2D eigenvalue weighted by Crippen LogP contribution is 2.17. The van der Waals surface area contributed by atoms with Crippen molar-refractivity contribution in [2.45, 2.75) is 26.2 Å². The van der Waals surface area contributed by atoms with Crippen molar-refractivity contribution in [1.82, 2.24) is 10.2 Å². The fourth-order valence-electron chi connectivity index (χ4n) is 1.59. The van der Waals surface area contributed by atoms with Crippen molar-refractivity contribution in [1.29, 1.82) is 0 Å². The second kappa shape index (κ2) is 7.95. The predicted molar refractivity (Wildman–Crippen MR) is 84.1 cm³/mol. The van der Waals surface area contributed by atoms with E-state index in [0.717, 1.165) is 17.8 Å². The fraction of sp³-hybridized carbons (Fsp3) is 0.357. The molecule has 1 heterocycles. The van der Waals surface area contributed by atoms with Crippen LogP contribution in [-0.2, 0) is 11.2 Å². The third kappa shape index (κ3) is 5.32. The van der Waals surface area contributed by atoms with Crippen LogP contribution in [0.5, 0.6) is 5.75 Å². The molecule has 0 aliphatic heterocycles. The molecule has 1 N–H and O–H groups in total. The first-order chi connectivity index (χ1) is 10.2. The summed E-state index contributed by atoms with van der Waals surface area (Å²) in [5.41, 5.74) is 0. The molecule has 7 heteroatoms. The zero-order valence-corrected chi connectivity index (χ0v) is 13.2. The van der Waals surface area contributed by atoms with Gasteiger partial charge in [0.05, 0.1) is 13.0 Å². The van der Waals surface area contributed by atoms with Gasteiger partial charge in [-0.25, -0.2) is 0 Å². The summed E-state index contributed by atoms with van der Waals surface area (Å²) >= 11 is 7.19. The van der Waals surface area contributed by atoms with Gasteiger partial charge in [-0.2, -0.15) is 0 Å². The van der Waals surface area contributed by atoms with Crippen LogP contribution in [0.3, 0.4) is 0 Å². The van der Waals surface area contributed by atoms with E-state index in [2.05, 4.69) is 22.4 Å². The number of rotatable bonds is 7. The quantitative estimate of drug-likeness (QED) is 0.845. The lowest BCUT2D eigenvalue weighted by molar-refractivity contribution is -0.116. The summed E-state index contributed by atoms with van der Waals surface area (Å²) in [6.07, 6.45) is 2.15. The molecule has 0 radical (unpaired) electrons. The normalized spacial score (nSPS) is 10.4. The second-order valence-electron chi connectivity index (χ2n) is 4.35. The van der Waals surface area contributed by atoms with E-state index in [4.69, 9.17) is 16.3 Å². The number of halogens is 1. The Morgan fingerprint density at radius 1 is 1.33 bits per heavy atom. The molecule has 1 aromatic carbocycles. The maximum absolute atomic E-state index is 11.8. The largest absolute Gasteiger partial charge is 0.493 e. The van der Waals surface area contributed by atoms with Crippen molar-refractivity contribution in [2.75, 3.05) is 11.9 Å². The first-order valence-corrected chi connectivity index (χ1v) is 7.87. The van der Waals surface area contributed by atoms with E-state index in [1.807, 2.05) is 0 Å². The van der Waals surface area contributed by atoms with Gasteiger partial charge >= 0.3 is 0 Å². The zero-order chi connectivity index (χ0) is 15.1. The number of hydrogen-bond acceptors (Lipinski definition) is 5. The Kier molecular flexibility index (Phi) is 5.95. The van der Waals surface area contributed by atoms with Gasteiger partial charge in [0.1, 0.15) is 10.8 Å². The van der Waals surface area contributed by atoms with E-state index in [0.29, 0.717) is 22.5 Å². The van der Waals surface area contributed by atoms with Crippen LogP contribution in [0.15, 0.2) is 24.3 Å². The van der Waals surface area contributed by atoms with Crippen LogP contribution in [0.2, 0.25) is 5.02 Å². The maximum atomic E-state index is 11.8. The number of aryl methyl sites for hydroxylation is 1. The SMILES string of the molecule is CCCc1nnc(NC(=O)CCOc2ccc(Cl)cc2)s1. The zero-order valence-electron chi connectivity index (χ0n) is 11.6. The molecule has 1 amide bonds. The van der Waals surface area contributed by atoms with Gasteiger partial charge in [0, 0.05) is 11.4 Å². The van der Waals surface area contributed by atoms with Crippen molar-refractivity contribution >= 4 is 34.0 Å². The van der Waals surface area contributed by atoms with E-state index >= 15 is 0 Å². The first-order valence-electron chi connectivity index (χ1n) is 6.68. The number of carbonyl (C=O) groups excluding carboxylic acids is 1. The molecule has 0 aliphatic carbocycles. The fourth-order valence-corrected chi connectivity index (χ4v) is 2.58. The minimum absolute atomic E-state index is 0.136. The molecular formula is C14H16ClN3O2S. The number of amides is 1. The molecule has 1 aromatic heterocycles. The topological polar surface area (TPSA) is 64.1 Å².